The van der Waals surface area contributed by atoms with Crippen LogP contribution in [0.2, 0.25) is 0 Å². The van der Waals surface area contributed by atoms with Crippen LogP contribution in [0.15, 0.2) is 0 Å². The van der Waals surface area contributed by atoms with Crippen LogP contribution in [0.4, 0.5) is 0 Å². The second-order valence-electron chi connectivity index (χ2n) is 4.41. The molecule has 1 atom stereocenters. The van der Waals surface area contributed by atoms with Crippen molar-refractivity contribution in [1.29, 1.82) is 0 Å². The summed E-state index contributed by atoms with van der Waals surface area (Å²) < 4.78 is 2.67. The number of rotatable bonds is 5. The molecular formula is C12H24NS+. The van der Waals surface area contributed by atoms with Crippen molar-refractivity contribution < 1.29 is 4.58 Å². The molecule has 1 rings (SSSR count). The lowest BCUT2D eigenvalue weighted by Crippen LogP contribution is -2.28. The highest BCUT2D eigenvalue weighted by Crippen LogP contribution is 2.24. The van der Waals surface area contributed by atoms with E-state index in [0.29, 0.717) is 5.92 Å². The van der Waals surface area contributed by atoms with Crippen molar-refractivity contribution in [1.82, 2.24) is 0 Å². The summed E-state index contributed by atoms with van der Waals surface area (Å²) in [6.45, 7) is 10.5. The van der Waals surface area contributed by atoms with Crippen LogP contribution < -0.4 is 0 Å². The molecule has 0 saturated heterocycles. The lowest BCUT2D eigenvalue weighted by atomic mass is 10.2. The molecule has 0 aromatic carbocycles. The van der Waals surface area contributed by atoms with Crippen LogP contribution in [0.25, 0.3) is 0 Å². The molecule has 0 fully saturated rings. The Morgan fingerprint density at radius 2 is 2.14 bits per heavy atom. The van der Waals surface area contributed by atoms with Gasteiger partial charge in [0.1, 0.15) is 6.54 Å². The van der Waals surface area contributed by atoms with Gasteiger partial charge in [-0.15, -0.1) is 0 Å². The fraction of sp³-hybridized carbons (Fsp3) is 0.917. The molecule has 0 radical (unpaired) electrons. The largest absolute Gasteiger partial charge is 0.224 e. The van der Waals surface area contributed by atoms with E-state index in [1.54, 1.807) is 5.04 Å². The Balaban J connectivity index is 2.70. The molecule has 1 aliphatic heterocycles. The van der Waals surface area contributed by atoms with Gasteiger partial charge >= 0.3 is 0 Å². The second-order valence-corrected chi connectivity index (χ2v) is 5.45. The summed E-state index contributed by atoms with van der Waals surface area (Å²) in [5, 5.41) is 1.63. The van der Waals surface area contributed by atoms with Gasteiger partial charge in [0.15, 0.2) is 6.04 Å². The Bertz CT molecular complexity index is 208. The second kappa shape index (κ2) is 5.79. The van der Waals surface area contributed by atoms with E-state index in [9.17, 15) is 0 Å². The Hall–Kier alpha value is 0.0200. The summed E-state index contributed by atoms with van der Waals surface area (Å²) in [6.07, 6.45) is 3.95. The fourth-order valence-electron chi connectivity index (χ4n) is 1.99. The topological polar surface area (TPSA) is 3.01 Å². The summed E-state index contributed by atoms with van der Waals surface area (Å²) in [4.78, 5) is 0. The minimum Gasteiger partial charge on any atom is -0.224 e. The van der Waals surface area contributed by atoms with Crippen LogP contribution in [0.3, 0.4) is 0 Å². The molecule has 82 valence electrons. The molecule has 0 amide bonds. The zero-order valence-corrected chi connectivity index (χ0v) is 10.9. The fourth-order valence-corrected chi connectivity index (χ4v) is 3.51. The molecule has 0 N–H and O–H groups in total. The number of thioether (sulfide) groups is 1. The lowest BCUT2D eigenvalue weighted by Gasteiger charge is -2.09. The average molecular weight is 214 g/mol. The molecule has 1 nitrogen and oxygen atoms in total. The molecule has 1 aliphatic rings. The van der Waals surface area contributed by atoms with Gasteiger partial charge in [0.2, 0.25) is 5.04 Å². The molecule has 0 aromatic heterocycles. The first-order chi connectivity index (χ1) is 6.70. The molecule has 0 aliphatic carbocycles. The zero-order chi connectivity index (χ0) is 10.6. The highest BCUT2D eigenvalue weighted by Gasteiger charge is 2.33. The maximum Gasteiger partial charge on any atom is 0.213 e. The maximum absolute atomic E-state index is 2.67. The summed E-state index contributed by atoms with van der Waals surface area (Å²) in [6, 6.07) is 0.809. The Kier molecular flexibility index (Phi) is 5.00. The summed E-state index contributed by atoms with van der Waals surface area (Å²) in [7, 11) is 0. The molecule has 0 bridgehead atoms. The zero-order valence-electron chi connectivity index (χ0n) is 10.0. The van der Waals surface area contributed by atoms with Crippen LogP contribution in [0.1, 0.15) is 47.0 Å². The van der Waals surface area contributed by atoms with E-state index in [1.807, 2.05) is 0 Å². The quantitative estimate of drug-likeness (QED) is 0.634. The molecule has 0 aromatic rings. The maximum atomic E-state index is 2.67. The Morgan fingerprint density at radius 3 is 2.64 bits per heavy atom. The lowest BCUT2D eigenvalue weighted by molar-refractivity contribution is -0.558. The average Bonchev–Trinajstić information content (AvgIpc) is 2.57. The van der Waals surface area contributed by atoms with E-state index in [-0.39, 0.29) is 0 Å². The SMILES string of the molecule is CCCC[N+]1=C(C(C)C)SCC1CC. The first-order valence-electron chi connectivity index (χ1n) is 5.96. The Labute approximate surface area is 93.0 Å². The Morgan fingerprint density at radius 1 is 1.43 bits per heavy atom. The van der Waals surface area contributed by atoms with Gasteiger partial charge in [-0.25, -0.2) is 4.58 Å². The van der Waals surface area contributed by atoms with Gasteiger partial charge in [0.25, 0.3) is 0 Å². The molecule has 1 heterocycles. The highest BCUT2D eigenvalue weighted by atomic mass is 32.2. The third-order valence-corrected chi connectivity index (χ3v) is 4.42. The minimum atomic E-state index is 0.716. The smallest absolute Gasteiger partial charge is 0.213 e. The molecule has 0 saturated carbocycles. The van der Waals surface area contributed by atoms with Gasteiger partial charge in [-0.1, -0.05) is 45.9 Å². The van der Waals surface area contributed by atoms with Gasteiger partial charge in [-0.2, -0.15) is 0 Å². The summed E-state index contributed by atoms with van der Waals surface area (Å²) >= 11 is 2.08. The van der Waals surface area contributed by atoms with Crippen molar-refractivity contribution in [3.63, 3.8) is 0 Å². The van der Waals surface area contributed by atoms with E-state index in [2.05, 4.69) is 44.0 Å². The van der Waals surface area contributed by atoms with Crippen LogP contribution in [-0.4, -0.2) is 28.0 Å². The number of nitrogens with zero attached hydrogens (tertiary/aromatic N) is 1. The monoisotopic (exact) mass is 214 g/mol. The summed E-state index contributed by atoms with van der Waals surface area (Å²) in [5.74, 6) is 2.03. The number of hydrogen-bond acceptors (Lipinski definition) is 1. The van der Waals surface area contributed by atoms with Crippen molar-refractivity contribution in [3.8, 4) is 0 Å². The van der Waals surface area contributed by atoms with Crippen molar-refractivity contribution >= 4 is 16.8 Å². The normalized spacial score (nSPS) is 22.5. The van der Waals surface area contributed by atoms with Gasteiger partial charge in [-0.05, 0) is 0 Å². The predicted octanol–water partition coefficient (Wildman–Crippen LogP) is 3.38. The van der Waals surface area contributed by atoms with Gasteiger partial charge in [-0.3, -0.25) is 0 Å². The van der Waals surface area contributed by atoms with Crippen LogP contribution >= 0.6 is 11.8 Å². The first kappa shape index (κ1) is 12.1. The van der Waals surface area contributed by atoms with Crippen LogP contribution in [0.5, 0.6) is 0 Å². The third kappa shape index (κ3) is 2.75. The van der Waals surface area contributed by atoms with Crippen molar-refractivity contribution in [3.05, 3.63) is 0 Å². The standard InChI is InChI=1S/C12H24NS/c1-5-7-8-13-11(6-2)9-14-12(13)10(3)4/h10-11H,5-9H2,1-4H3/q+1. The van der Waals surface area contributed by atoms with Crippen LogP contribution in [-0.2, 0) is 0 Å². The van der Waals surface area contributed by atoms with E-state index < -0.39 is 0 Å². The van der Waals surface area contributed by atoms with Gasteiger partial charge in [0, 0.05) is 18.8 Å². The highest BCUT2D eigenvalue weighted by molar-refractivity contribution is 8.13. The molecule has 1 unspecified atom stereocenters. The van der Waals surface area contributed by atoms with Gasteiger partial charge in [0.05, 0.1) is 5.75 Å². The molecule has 0 spiro atoms. The van der Waals surface area contributed by atoms with Gasteiger partial charge < -0.3 is 0 Å². The number of hydrogen-bond donors (Lipinski definition) is 0. The third-order valence-electron chi connectivity index (χ3n) is 2.87. The number of unbranched alkanes of at least 4 members (excludes halogenated alkanes) is 1. The minimum absolute atomic E-state index is 0.716. The van der Waals surface area contributed by atoms with E-state index in [0.717, 1.165) is 6.04 Å². The van der Waals surface area contributed by atoms with E-state index in [4.69, 9.17) is 0 Å². The van der Waals surface area contributed by atoms with Crippen molar-refractivity contribution in [2.75, 3.05) is 12.3 Å². The molecule has 2 heteroatoms. The molecule has 14 heavy (non-hydrogen) atoms. The molecular weight excluding hydrogens is 190 g/mol. The first-order valence-corrected chi connectivity index (χ1v) is 6.95. The van der Waals surface area contributed by atoms with Crippen molar-refractivity contribution in [2.45, 2.75) is 53.0 Å². The van der Waals surface area contributed by atoms with Crippen LogP contribution in [0, 0.1) is 5.92 Å². The predicted molar refractivity (Wildman–Crippen MR) is 66.4 cm³/mol. The van der Waals surface area contributed by atoms with Crippen molar-refractivity contribution in [2.24, 2.45) is 5.92 Å². The van der Waals surface area contributed by atoms with E-state index in [1.165, 1.54) is 31.6 Å². The van der Waals surface area contributed by atoms with E-state index >= 15 is 0 Å². The summed E-state index contributed by atoms with van der Waals surface area (Å²) in [5.41, 5.74) is 0.